The maximum absolute atomic E-state index is 6.39. The van der Waals surface area contributed by atoms with Gasteiger partial charge in [-0.3, -0.25) is 0 Å². The van der Waals surface area contributed by atoms with Crippen molar-refractivity contribution >= 4 is 81.3 Å². The fourth-order valence-electron chi connectivity index (χ4n) is 8.60. The molecule has 10 aromatic rings. The van der Waals surface area contributed by atoms with Gasteiger partial charge in [-0.25, -0.2) is 0 Å². The van der Waals surface area contributed by atoms with Crippen LogP contribution in [0.3, 0.4) is 0 Å². The zero-order valence-electron chi connectivity index (χ0n) is 28.9. The van der Waals surface area contributed by atoms with Gasteiger partial charge in [0.1, 0.15) is 11.2 Å². The van der Waals surface area contributed by atoms with Crippen LogP contribution in [0.5, 0.6) is 0 Å². The molecule has 8 aromatic carbocycles. The minimum atomic E-state index is -0.0489. The Bertz CT molecular complexity index is 3050. The van der Waals surface area contributed by atoms with E-state index in [0.29, 0.717) is 0 Å². The second-order valence-corrected chi connectivity index (χ2v) is 15.7. The minimum absolute atomic E-state index is 0.0489. The van der Waals surface area contributed by atoms with E-state index in [1.165, 1.54) is 64.3 Å². The molecule has 246 valence electrons. The quantitative estimate of drug-likeness (QED) is 0.184. The molecule has 0 unspecified atom stereocenters. The highest BCUT2D eigenvalue weighted by Crippen LogP contribution is 2.51. The molecule has 0 saturated heterocycles. The van der Waals surface area contributed by atoms with Crippen molar-refractivity contribution < 1.29 is 4.42 Å². The molecule has 0 spiro atoms. The molecule has 0 atom stereocenters. The molecule has 0 aliphatic heterocycles. The molecule has 2 aromatic heterocycles. The highest BCUT2D eigenvalue weighted by atomic mass is 32.1. The Morgan fingerprint density at radius 2 is 1.13 bits per heavy atom. The Kier molecular flexibility index (Phi) is 6.21. The fourth-order valence-corrected chi connectivity index (χ4v) is 9.74. The maximum atomic E-state index is 6.39. The first-order chi connectivity index (χ1) is 25.5. The van der Waals surface area contributed by atoms with Gasteiger partial charge in [-0.05, 0) is 111 Å². The van der Waals surface area contributed by atoms with Crippen LogP contribution in [0.2, 0.25) is 0 Å². The molecular weight excluding hydrogens is 651 g/mol. The standard InChI is InChI=1S/C49H33NOS/c1-49(2)43-12-6-3-9-37(43)41-28-35(22-24-44(41)49)50(36-21-23-39-38-10-4-7-13-45(38)51-46(39)29-36)34-19-17-30(18-20-34)31-15-16-32-26-42-40-11-5-8-14-47(40)52-48(42)27-33(32)25-31/h3-29H,1-2H3. The summed E-state index contributed by atoms with van der Waals surface area (Å²) < 4.78 is 9.06. The number of nitrogens with zero attached hydrogens (tertiary/aromatic N) is 1. The first-order valence-electron chi connectivity index (χ1n) is 17.9. The average molecular weight is 684 g/mol. The van der Waals surface area contributed by atoms with E-state index in [0.717, 1.165) is 39.0 Å². The van der Waals surface area contributed by atoms with Gasteiger partial charge in [-0.1, -0.05) is 105 Å². The second kappa shape index (κ2) is 10.9. The van der Waals surface area contributed by atoms with E-state index in [-0.39, 0.29) is 5.41 Å². The van der Waals surface area contributed by atoms with Gasteiger partial charge in [-0.15, -0.1) is 11.3 Å². The van der Waals surface area contributed by atoms with Crippen molar-refractivity contribution in [2.24, 2.45) is 0 Å². The molecule has 1 aliphatic carbocycles. The number of rotatable bonds is 4. The first kappa shape index (κ1) is 29.6. The molecule has 0 bridgehead atoms. The lowest BCUT2D eigenvalue weighted by Crippen LogP contribution is -2.15. The Balaban J connectivity index is 1.03. The number of fused-ring (bicyclic) bond motifs is 10. The first-order valence-corrected chi connectivity index (χ1v) is 18.7. The number of furan rings is 1. The Morgan fingerprint density at radius 1 is 0.442 bits per heavy atom. The summed E-state index contributed by atoms with van der Waals surface area (Å²) in [5, 5.41) is 7.48. The number of para-hydroxylation sites is 1. The van der Waals surface area contributed by atoms with Crippen LogP contribution in [0.4, 0.5) is 17.1 Å². The highest BCUT2D eigenvalue weighted by Gasteiger charge is 2.35. The van der Waals surface area contributed by atoms with Crippen LogP contribution in [-0.4, -0.2) is 0 Å². The smallest absolute Gasteiger partial charge is 0.137 e. The molecular formula is C49H33NOS. The van der Waals surface area contributed by atoms with Crippen molar-refractivity contribution in [3.63, 3.8) is 0 Å². The molecule has 3 heteroatoms. The fraction of sp³-hybridized carbons (Fsp3) is 0.0612. The summed E-state index contributed by atoms with van der Waals surface area (Å²) in [7, 11) is 0. The lowest BCUT2D eigenvalue weighted by molar-refractivity contribution is 0.660. The van der Waals surface area contributed by atoms with Crippen molar-refractivity contribution in [1.29, 1.82) is 0 Å². The molecule has 1 aliphatic rings. The maximum Gasteiger partial charge on any atom is 0.137 e. The van der Waals surface area contributed by atoms with Crippen molar-refractivity contribution in [2.75, 3.05) is 4.90 Å². The van der Waals surface area contributed by atoms with E-state index in [1.807, 2.05) is 23.5 Å². The van der Waals surface area contributed by atoms with Gasteiger partial charge in [0.2, 0.25) is 0 Å². The summed E-state index contributed by atoms with van der Waals surface area (Å²) in [6.45, 7) is 4.67. The average Bonchev–Trinajstić information content (AvgIpc) is 3.81. The van der Waals surface area contributed by atoms with Gasteiger partial charge >= 0.3 is 0 Å². The summed E-state index contributed by atoms with van der Waals surface area (Å²) in [6, 6.07) is 60.0. The van der Waals surface area contributed by atoms with Crippen LogP contribution in [-0.2, 0) is 5.41 Å². The summed E-state index contributed by atoms with van der Waals surface area (Å²) in [5.74, 6) is 0. The zero-order chi connectivity index (χ0) is 34.6. The molecule has 2 heterocycles. The topological polar surface area (TPSA) is 16.4 Å². The number of hydrogen-bond donors (Lipinski definition) is 0. The third kappa shape index (κ3) is 4.36. The zero-order valence-corrected chi connectivity index (χ0v) is 29.7. The molecule has 2 nitrogen and oxygen atoms in total. The SMILES string of the molecule is CC1(C)c2ccccc2-c2cc(N(c3ccc(-c4ccc5cc6c(cc5c4)sc4ccccc46)cc3)c3ccc4c(c3)oc3ccccc34)ccc21. The predicted octanol–water partition coefficient (Wildman–Crippen LogP) is 14.6. The number of benzene rings is 8. The van der Waals surface area contributed by atoms with Crippen LogP contribution >= 0.6 is 11.3 Å². The van der Waals surface area contributed by atoms with Crippen molar-refractivity contribution in [3.05, 3.63) is 175 Å². The molecule has 0 amide bonds. The number of anilines is 3. The predicted molar refractivity (Wildman–Crippen MR) is 222 cm³/mol. The van der Waals surface area contributed by atoms with Crippen molar-refractivity contribution in [3.8, 4) is 22.3 Å². The summed E-state index contributed by atoms with van der Waals surface area (Å²) in [6.07, 6.45) is 0. The van der Waals surface area contributed by atoms with E-state index in [9.17, 15) is 0 Å². The summed E-state index contributed by atoms with van der Waals surface area (Å²) in [4.78, 5) is 2.36. The summed E-state index contributed by atoms with van der Waals surface area (Å²) in [5.41, 5.74) is 12.8. The van der Waals surface area contributed by atoms with Gasteiger partial charge in [0.25, 0.3) is 0 Å². The van der Waals surface area contributed by atoms with Gasteiger partial charge in [0, 0.05) is 59.5 Å². The Labute approximate surface area is 305 Å². The third-order valence-electron chi connectivity index (χ3n) is 11.2. The second-order valence-electron chi connectivity index (χ2n) is 14.6. The molecule has 0 radical (unpaired) electrons. The van der Waals surface area contributed by atoms with Crippen LogP contribution in [0.25, 0.3) is 75.1 Å². The molecule has 0 saturated carbocycles. The van der Waals surface area contributed by atoms with Crippen molar-refractivity contribution in [1.82, 2.24) is 0 Å². The molecule has 0 N–H and O–H groups in total. The van der Waals surface area contributed by atoms with E-state index >= 15 is 0 Å². The van der Waals surface area contributed by atoms with Crippen LogP contribution in [0, 0.1) is 0 Å². The van der Waals surface area contributed by atoms with Crippen LogP contribution < -0.4 is 4.90 Å². The Hall–Kier alpha value is -6.16. The Morgan fingerprint density at radius 3 is 2.04 bits per heavy atom. The normalized spacial score (nSPS) is 13.3. The molecule has 11 rings (SSSR count). The number of thiophene rings is 1. The van der Waals surface area contributed by atoms with Crippen LogP contribution in [0.15, 0.2) is 168 Å². The van der Waals surface area contributed by atoms with Crippen LogP contribution in [0.1, 0.15) is 25.0 Å². The van der Waals surface area contributed by atoms with Crippen molar-refractivity contribution in [2.45, 2.75) is 19.3 Å². The minimum Gasteiger partial charge on any atom is -0.456 e. The summed E-state index contributed by atoms with van der Waals surface area (Å²) >= 11 is 1.87. The van der Waals surface area contributed by atoms with E-state index in [4.69, 9.17) is 4.42 Å². The van der Waals surface area contributed by atoms with E-state index < -0.39 is 0 Å². The highest BCUT2D eigenvalue weighted by molar-refractivity contribution is 7.25. The van der Waals surface area contributed by atoms with E-state index in [1.54, 1.807) is 0 Å². The third-order valence-corrected chi connectivity index (χ3v) is 12.4. The van der Waals surface area contributed by atoms with Gasteiger partial charge in [-0.2, -0.15) is 0 Å². The van der Waals surface area contributed by atoms with E-state index in [2.05, 4.69) is 170 Å². The number of hydrogen-bond acceptors (Lipinski definition) is 3. The molecule has 52 heavy (non-hydrogen) atoms. The molecule has 0 fully saturated rings. The van der Waals surface area contributed by atoms with Gasteiger partial charge in [0.15, 0.2) is 0 Å². The van der Waals surface area contributed by atoms with Gasteiger partial charge in [0.05, 0.1) is 0 Å². The monoisotopic (exact) mass is 683 g/mol. The lowest BCUT2D eigenvalue weighted by Gasteiger charge is -2.27. The van der Waals surface area contributed by atoms with Gasteiger partial charge < -0.3 is 9.32 Å². The lowest BCUT2D eigenvalue weighted by atomic mass is 9.82. The largest absolute Gasteiger partial charge is 0.456 e.